The zero-order chi connectivity index (χ0) is 8.39. The Hall–Kier alpha value is -0.700. The van der Waals surface area contributed by atoms with Crippen LogP contribution < -0.4 is 0 Å². The van der Waals surface area contributed by atoms with E-state index in [1.165, 1.54) is 31.2 Å². The topological polar surface area (TPSA) is 36.7 Å². The summed E-state index contributed by atoms with van der Waals surface area (Å²) in [5.74, 6) is 0.880. The van der Waals surface area contributed by atoms with Gasteiger partial charge in [-0.1, -0.05) is 19.3 Å². The molecule has 1 aromatic rings. The molecule has 1 saturated carbocycles. The average Bonchev–Trinajstić information content (AvgIpc) is 2.44. The van der Waals surface area contributed by atoms with Gasteiger partial charge < -0.3 is 5.41 Å². The first-order chi connectivity index (χ1) is 5.88. The van der Waals surface area contributed by atoms with Gasteiger partial charge in [0.1, 0.15) is 5.01 Å². The van der Waals surface area contributed by atoms with Crippen LogP contribution in [0, 0.1) is 11.3 Å². The van der Waals surface area contributed by atoms with Crippen molar-refractivity contribution in [2.75, 3.05) is 0 Å². The van der Waals surface area contributed by atoms with E-state index in [0.717, 1.165) is 17.3 Å². The van der Waals surface area contributed by atoms with Gasteiger partial charge in [0.25, 0.3) is 0 Å². The Morgan fingerprint density at radius 3 is 3.00 bits per heavy atom. The zero-order valence-corrected chi connectivity index (χ0v) is 7.73. The maximum Gasteiger partial charge on any atom is 0.133 e. The zero-order valence-electron chi connectivity index (χ0n) is 6.92. The monoisotopic (exact) mass is 180 g/mol. The van der Waals surface area contributed by atoms with Gasteiger partial charge in [-0.05, 0) is 12.3 Å². The van der Waals surface area contributed by atoms with Crippen LogP contribution in [0.4, 0.5) is 0 Å². The standard InChI is InChI=1S/C9H12N2S/c10-5-9-11-8(6-12-9)4-7-2-1-3-7/h5-7,10H,1-4H2. The lowest BCUT2D eigenvalue weighted by molar-refractivity contribution is 0.312. The summed E-state index contributed by atoms with van der Waals surface area (Å²) < 4.78 is 0. The smallest absolute Gasteiger partial charge is 0.133 e. The summed E-state index contributed by atoms with van der Waals surface area (Å²) in [4.78, 5) is 4.33. The molecule has 2 rings (SSSR count). The number of nitrogens with one attached hydrogen (secondary N) is 1. The second-order valence-corrected chi connectivity index (χ2v) is 4.21. The van der Waals surface area contributed by atoms with Gasteiger partial charge in [0, 0.05) is 5.38 Å². The van der Waals surface area contributed by atoms with E-state index in [1.54, 1.807) is 11.3 Å². The number of nitrogens with zero attached hydrogens (tertiary/aromatic N) is 1. The first kappa shape index (κ1) is 7.92. The minimum Gasteiger partial charge on any atom is -0.306 e. The molecule has 0 aromatic carbocycles. The maximum atomic E-state index is 7.02. The Morgan fingerprint density at radius 2 is 2.50 bits per heavy atom. The molecule has 0 spiro atoms. The van der Waals surface area contributed by atoms with E-state index in [9.17, 15) is 0 Å². The summed E-state index contributed by atoms with van der Waals surface area (Å²) in [5.41, 5.74) is 1.18. The lowest BCUT2D eigenvalue weighted by atomic mass is 9.82. The minimum atomic E-state index is 0.837. The summed E-state index contributed by atoms with van der Waals surface area (Å²) >= 11 is 1.57. The van der Waals surface area contributed by atoms with E-state index in [4.69, 9.17) is 5.41 Å². The molecule has 0 saturated heterocycles. The number of thiazole rings is 1. The second kappa shape index (κ2) is 3.35. The van der Waals surface area contributed by atoms with Gasteiger partial charge in [0.2, 0.25) is 0 Å². The van der Waals surface area contributed by atoms with Crippen LogP contribution in [0.3, 0.4) is 0 Å². The van der Waals surface area contributed by atoms with Crippen molar-refractivity contribution in [3.05, 3.63) is 16.1 Å². The van der Waals surface area contributed by atoms with E-state index in [-0.39, 0.29) is 0 Å². The molecule has 1 heterocycles. The Balaban J connectivity index is 1.97. The van der Waals surface area contributed by atoms with E-state index in [0.29, 0.717) is 0 Å². The lowest BCUT2D eigenvalue weighted by Gasteiger charge is -2.24. The molecule has 64 valence electrons. The molecule has 3 heteroatoms. The van der Waals surface area contributed by atoms with Crippen LogP contribution in [0.5, 0.6) is 0 Å². The highest BCUT2D eigenvalue weighted by molar-refractivity contribution is 7.11. The SMILES string of the molecule is N=Cc1nc(CC2CCC2)cs1. The molecule has 1 aliphatic rings. The van der Waals surface area contributed by atoms with Gasteiger partial charge in [-0.25, -0.2) is 4.98 Å². The molecule has 1 aliphatic carbocycles. The Morgan fingerprint density at radius 1 is 1.67 bits per heavy atom. The molecule has 2 nitrogen and oxygen atoms in total. The Kier molecular flexibility index (Phi) is 2.21. The number of rotatable bonds is 3. The van der Waals surface area contributed by atoms with Gasteiger partial charge in [0.15, 0.2) is 0 Å². The van der Waals surface area contributed by atoms with Crippen LogP contribution in [0.25, 0.3) is 0 Å². The number of hydrogen-bond donors (Lipinski definition) is 1. The predicted molar refractivity (Wildman–Crippen MR) is 51.0 cm³/mol. The Bertz CT molecular complexity index is 276. The molecule has 0 aliphatic heterocycles. The van der Waals surface area contributed by atoms with Crippen molar-refractivity contribution < 1.29 is 0 Å². The van der Waals surface area contributed by atoms with Crippen LogP contribution in [0.1, 0.15) is 30.0 Å². The average molecular weight is 180 g/mol. The fourth-order valence-corrected chi connectivity index (χ4v) is 2.12. The van der Waals surface area contributed by atoms with E-state index < -0.39 is 0 Å². The number of aromatic nitrogens is 1. The van der Waals surface area contributed by atoms with Crippen molar-refractivity contribution in [2.24, 2.45) is 5.92 Å². The van der Waals surface area contributed by atoms with E-state index in [2.05, 4.69) is 10.4 Å². The van der Waals surface area contributed by atoms with Crippen LogP contribution in [0.15, 0.2) is 5.38 Å². The fourth-order valence-electron chi connectivity index (χ4n) is 1.48. The quantitative estimate of drug-likeness (QED) is 0.713. The molecule has 0 radical (unpaired) electrons. The lowest BCUT2D eigenvalue weighted by Crippen LogP contribution is -2.13. The molecule has 1 fully saturated rings. The van der Waals surface area contributed by atoms with Crippen molar-refractivity contribution >= 4 is 17.6 Å². The molecule has 12 heavy (non-hydrogen) atoms. The summed E-state index contributed by atoms with van der Waals surface area (Å²) in [6.45, 7) is 0. The third kappa shape index (κ3) is 1.55. The summed E-state index contributed by atoms with van der Waals surface area (Å²) in [7, 11) is 0. The van der Waals surface area contributed by atoms with Gasteiger partial charge in [-0.2, -0.15) is 0 Å². The molecule has 0 atom stereocenters. The van der Waals surface area contributed by atoms with Crippen LogP contribution >= 0.6 is 11.3 Å². The number of hydrogen-bond acceptors (Lipinski definition) is 3. The van der Waals surface area contributed by atoms with Crippen molar-refractivity contribution in [1.82, 2.24) is 4.98 Å². The van der Waals surface area contributed by atoms with E-state index in [1.807, 2.05) is 0 Å². The molecular weight excluding hydrogens is 168 g/mol. The first-order valence-corrected chi connectivity index (χ1v) is 5.21. The normalized spacial score (nSPS) is 17.3. The van der Waals surface area contributed by atoms with Gasteiger partial charge in [0.05, 0.1) is 11.9 Å². The first-order valence-electron chi connectivity index (χ1n) is 4.33. The highest BCUT2D eigenvalue weighted by Gasteiger charge is 2.18. The second-order valence-electron chi connectivity index (χ2n) is 3.32. The van der Waals surface area contributed by atoms with Gasteiger partial charge >= 0.3 is 0 Å². The molecule has 0 bridgehead atoms. The summed E-state index contributed by atoms with van der Waals surface area (Å²) in [6, 6.07) is 0. The highest BCUT2D eigenvalue weighted by atomic mass is 32.1. The fraction of sp³-hybridized carbons (Fsp3) is 0.556. The van der Waals surface area contributed by atoms with Gasteiger partial charge in [-0.15, -0.1) is 11.3 Å². The van der Waals surface area contributed by atoms with E-state index >= 15 is 0 Å². The predicted octanol–water partition coefficient (Wildman–Crippen LogP) is 2.48. The van der Waals surface area contributed by atoms with Crippen LogP contribution in [0.2, 0.25) is 0 Å². The van der Waals surface area contributed by atoms with Crippen molar-refractivity contribution in [1.29, 1.82) is 5.41 Å². The molecule has 0 amide bonds. The molecule has 1 aromatic heterocycles. The third-order valence-electron chi connectivity index (χ3n) is 2.42. The molecule has 0 unspecified atom stereocenters. The summed E-state index contributed by atoms with van der Waals surface area (Å²) in [6.07, 6.45) is 6.60. The maximum absolute atomic E-state index is 7.02. The molecular formula is C9H12N2S. The van der Waals surface area contributed by atoms with Crippen molar-refractivity contribution in [2.45, 2.75) is 25.7 Å². The van der Waals surface area contributed by atoms with Crippen LogP contribution in [-0.4, -0.2) is 11.2 Å². The van der Waals surface area contributed by atoms with Crippen LogP contribution in [-0.2, 0) is 6.42 Å². The molecule has 1 N–H and O–H groups in total. The third-order valence-corrected chi connectivity index (χ3v) is 3.26. The largest absolute Gasteiger partial charge is 0.306 e. The summed E-state index contributed by atoms with van der Waals surface area (Å²) in [5, 5.41) is 9.94. The van der Waals surface area contributed by atoms with Gasteiger partial charge in [-0.3, -0.25) is 0 Å². The highest BCUT2D eigenvalue weighted by Crippen LogP contribution is 2.29. The Labute approximate surface area is 76.2 Å². The van der Waals surface area contributed by atoms with Crippen molar-refractivity contribution in [3.63, 3.8) is 0 Å². The van der Waals surface area contributed by atoms with Crippen molar-refractivity contribution in [3.8, 4) is 0 Å². The minimum absolute atomic E-state index is 0.837.